The molecule has 0 spiro atoms. The van der Waals surface area contributed by atoms with Crippen molar-refractivity contribution < 1.29 is 4.74 Å². The maximum Gasteiger partial charge on any atom is 0.170 e. The van der Waals surface area contributed by atoms with Gasteiger partial charge in [0.15, 0.2) is 12.5 Å². The molecule has 0 fully saturated rings. The van der Waals surface area contributed by atoms with E-state index in [0.717, 1.165) is 40.3 Å². The van der Waals surface area contributed by atoms with Crippen LogP contribution in [0.2, 0.25) is 0 Å². The highest BCUT2D eigenvalue weighted by Gasteiger charge is 2.30. The summed E-state index contributed by atoms with van der Waals surface area (Å²) in [5, 5.41) is 0. The van der Waals surface area contributed by atoms with Gasteiger partial charge in [-0.3, -0.25) is 9.98 Å². The summed E-state index contributed by atoms with van der Waals surface area (Å²) < 4.78 is 7.77. The van der Waals surface area contributed by atoms with Crippen LogP contribution in [0.5, 0.6) is 0 Å². The van der Waals surface area contributed by atoms with Crippen LogP contribution in [0, 0.1) is 12.3 Å². The Hall–Kier alpha value is -3.43. The lowest BCUT2D eigenvalue weighted by molar-refractivity contribution is 0.204. The number of nitrogens with zero attached hydrogens (tertiary/aromatic N) is 4. The van der Waals surface area contributed by atoms with Crippen molar-refractivity contribution in [2.24, 2.45) is 10.7 Å². The maximum absolute atomic E-state index is 6.61. The van der Waals surface area contributed by atoms with Gasteiger partial charge in [-0.2, -0.15) is 0 Å². The number of hydrogen-bond donors (Lipinski definition) is 1. The summed E-state index contributed by atoms with van der Waals surface area (Å²) in [4.78, 5) is 13.4. The normalized spacial score (nSPS) is 19.0. The van der Waals surface area contributed by atoms with E-state index >= 15 is 0 Å². The van der Waals surface area contributed by atoms with Crippen molar-refractivity contribution in [2.45, 2.75) is 38.5 Å². The molecule has 6 nitrogen and oxygen atoms in total. The SMILES string of the molecule is C#Cc1ccc(-n2cnc(C3OC=NC3C)c2CC)c([C@@H](N)c2ccccn2)c1. The standard InChI is InChI=1S/C23H23N5O/c1-4-16-9-10-20(17(12-16)21(24)18-8-6-7-11-25-18)28-13-26-22(19(28)5-2)23-15(3)27-14-29-23/h1,6-15,21,23H,5,24H2,2-3H3/t15?,21-,23?/m1/s1. The average molecular weight is 385 g/mol. The first-order chi connectivity index (χ1) is 14.1. The Balaban J connectivity index is 1.84. The van der Waals surface area contributed by atoms with E-state index in [9.17, 15) is 0 Å². The molecule has 0 saturated carbocycles. The maximum atomic E-state index is 6.61. The highest BCUT2D eigenvalue weighted by Crippen LogP contribution is 2.32. The molecule has 0 aliphatic carbocycles. The summed E-state index contributed by atoms with van der Waals surface area (Å²) in [6.45, 7) is 4.13. The van der Waals surface area contributed by atoms with E-state index in [1.165, 1.54) is 6.40 Å². The Bertz CT molecular complexity index is 1080. The van der Waals surface area contributed by atoms with E-state index in [1.807, 2.05) is 49.6 Å². The van der Waals surface area contributed by atoms with Gasteiger partial charge in [0, 0.05) is 23.0 Å². The van der Waals surface area contributed by atoms with Gasteiger partial charge in [-0.1, -0.05) is 18.9 Å². The lowest BCUT2D eigenvalue weighted by Gasteiger charge is -2.20. The molecular formula is C23H23N5O. The quantitative estimate of drug-likeness (QED) is 0.683. The molecule has 3 heterocycles. The molecule has 2 aromatic heterocycles. The highest BCUT2D eigenvalue weighted by molar-refractivity contribution is 5.53. The Labute approximate surface area is 170 Å². The van der Waals surface area contributed by atoms with Crippen molar-refractivity contribution in [3.05, 3.63) is 77.1 Å². The number of ether oxygens (including phenoxy) is 1. The molecule has 4 rings (SSSR count). The lowest BCUT2D eigenvalue weighted by Crippen LogP contribution is -2.17. The van der Waals surface area contributed by atoms with Crippen molar-refractivity contribution in [3.8, 4) is 18.0 Å². The van der Waals surface area contributed by atoms with E-state index in [1.54, 1.807) is 6.20 Å². The zero-order valence-electron chi connectivity index (χ0n) is 16.5. The van der Waals surface area contributed by atoms with Gasteiger partial charge >= 0.3 is 0 Å². The molecule has 1 aliphatic rings. The number of hydrogen-bond acceptors (Lipinski definition) is 5. The molecule has 0 bridgehead atoms. The van der Waals surface area contributed by atoms with Gasteiger partial charge in [-0.25, -0.2) is 4.98 Å². The molecular weight excluding hydrogens is 362 g/mol. The van der Waals surface area contributed by atoms with Gasteiger partial charge in [0.1, 0.15) is 5.69 Å². The summed E-state index contributed by atoms with van der Waals surface area (Å²) >= 11 is 0. The van der Waals surface area contributed by atoms with Crippen LogP contribution in [0.25, 0.3) is 5.69 Å². The van der Waals surface area contributed by atoms with Gasteiger partial charge in [-0.05, 0) is 43.7 Å². The van der Waals surface area contributed by atoms with Crippen LogP contribution in [0.15, 0.2) is 53.9 Å². The van der Waals surface area contributed by atoms with Gasteiger partial charge in [0.05, 0.1) is 29.8 Å². The second-order valence-electron chi connectivity index (χ2n) is 7.00. The van der Waals surface area contributed by atoms with Crippen molar-refractivity contribution in [3.63, 3.8) is 0 Å². The predicted molar refractivity (Wildman–Crippen MR) is 113 cm³/mol. The fourth-order valence-electron chi connectivity index (χ4n) is 3.70. The van der Waals surface area contributed by atoms with E-state index < -0.39 is 6.04 Å². The van der Waals surface area contributed by atoms with Crippen molar-refractivity contribution in [1.82, 2.24) is 14.5 Å². The summed E-state index contributed by atoms with van der Waals surface area (Å²) in [7, 11) is 0. The van der Waals surface area contributed by atoms with Crippen LogP contribution in [0.1, 0.15) is 54.2 Å². The Morgan fingerprint density at radius 1 is 1.28 bits per heavy atom. The molecule has 0 amide bonds. The summed E-state index contributed by atoms with van der Waals surface area (Å²) in [6, 6.07) is 11.2. The topological polar surface area (TPSA) is 78.3 Å². The number of benzene rings is 1. The summed E-state index contributed by atoms with van der Waals surface area (Å²) in [5.74, 6) is 2.70. The number of terminal acetylenes is 1. The zero-order valence-corrected chi connectivity index (χ0v) is 16.5. The summed E-state index contributed by atoms with van der Waals surface area (Å²) in [6.07, 6.45) is 11.3. The molecule has 3 atom stereocenters. The molecule has 3 aromatic rings. The fraction of sp³-hybridized carbons (Fsp3) is 0.261. The zero-order chi connectivity index (χ0) is 20.4. The Kier molecular flexibility index (Phi) is 5.15. The number of nitrogens with two attached hydrogens (primary N) is 1. The fourth-order valence-corrected chi connectivity index (χ4v) is 3.70. The van der Waals surface area contributed by atoms with Gasteiger partial charge < -0.3 is 15.0 Å². The molecule has 29 heavy (non-hydrogen) atoms. The van der Waals surface area contributed by atoms with Crippen LogP contribution in [0.3, 0.4) is 0 Å². The molecule has 1 aromatic carbocycles. The minimum atomic E-state index is -0.417. The summed E-state index contributed by atoms with van der Waals surface area (Å²) in [5.41, 5.74) is 12.0. The number of aromatic nitrogens is 3. The van der Waals surface area contributed by atoms with Crippen LogP contribution in [-0.2, 0) is 11.2 Å². The molecule has 1 aliphatic heterocycles. The minimum absolute atomic E-state index is 0.0303. The first-order valence-corrected chi connectivity index (χ1v) is 9.64. The predicted octanol–water partition coefficient (Wildman–Crippen LogP) is 3.35. The van der Waals surface area contributed by atoms with E-state index in [4.69, 9.17) is 16.9 Å². The third-order valence-electron chi connectivity index (χ3n) is 5.24. The third-order valence-corrected chi connectivity index (χ3v) is 5.24. The number of aliphatic imine (C=N–C) groups is 1. The van der Waals surface area contributed by atoms with E-state index in [2.05, 4.69) is 32.4 Å². The number of rotatable bonds is 5. The van der Waals surface area contributed by atoms with E-state index in [0.29, 0.717) is 0 Å². The number of imidazole rings is 1. The van der Waals surface area contributed by atoms with Gasteiger partial charge in [-0.15, -0.1) is 6.42 Å². The van der Waals surface area contributed by atoms with Crippen molar-refractivity contribution >= 4 is 6.40 Å². The lowest BCUT2D eigenvalue weighted by atomic mass is 9.98. The van der Waals surface area contributed by atoms with Crippen LogP contribution >= 0.6 is 0 Å². The second-order valence-corrected chi connectivity index (χ2v) is 7.00. The van der Waals surface area contributed by atoms with Crippen LogP contribution in [-0.4, -0.2) is 27.0 Å². The molecule has 0 saturated heterocycles. The smallest absolute Gasteiger partial charge is 0.170 e. The monoisotopic (exact) mass is 385 g/mol. The molecule has 0 radical (unpaired) electrons. The largest absolute Gasteiger partial charge is 0.472 e. The number of pyridine rings is 1. The molecule has 2 N–H and O–H groups in total. The molecule has 146 valence electrons. The van der Waals surface area contributed by atoms with Crippen molar-refractivity contribution in [2.75, 3.05) is 0 Å². The van der Waals surface area contributed by atoms with Crippen LogP contribution in [0.4, 0.5) is 0 Å². The minimum Gasteiger partial charge on any atom is -0.472 e. The third kappa shape index (κ3) is 3.41. The van der Waals surface area contributed by atoms with Crippen LogP contribution < -0.4 is 5.73 Å². The highest BCUT2D eigenvalue weighted by atomic mass is 16.5. The first kappa shape index (κ1) is 18.9. The molecule has 6 heteroatoms. The second kappa shape index (κ2) is 7.90. The Morgan fingerprint density at radius 2 is 2.14 bits per heavy atom. The Morgan fingerprint density at radius 3 is 2.79 bits per heavy atom. The van der Waals surface area contributed by atoms with Crippen molar-refractivity contribution in [1.29, 1.82) is 0 Å². The van der Waals surface area contributed by atoms with E-state index in [-0.39, 0.29) is 12.1 Å². The average Bonchev–Trinajstić information content (AvgIpc) is 3.38. The first-order valence-electron chi connectivity index (χ1n) is 9.64. The van der Waals surface area contributed by atoms with Gasteiger partial charge in [0.2, 0.25) is 0 Å². The molecule has 2 unspecified atom stereocenters. The van der Waals surface area contributed by atoms with Gasteiger partial charge in [0.25, 0.3) is 0 Å².